The number of aliphatic imine (C=N–C) groups is 1. The van der Waals surface area contributed by atoms with Gasteiger partial charge in [0.15, 0.2) is 11.7 Å². The van der Waals surface area contributed by atoms with Gasteiger partial charge < -0.3 is 35.7 Å². The van der Waals surface area contributed by atoms with Crippen LogP contribution in [0.3, 0.4) is 0 Å². The van der Waals surface area contributed by atoms with Crippen molar-refractivity contribution < 1.29 is 46.2 Å². The van der Waals surface area contributed by atoms with E-state index < -0.39 is 31.6 Å². The van der Waals surface area contributed by atoms with Crippen LogP contribution < -0.4 is 25.8 Å². The van der Waals surface area contributed by atoms with Crippen LogP contribution in [0.1, 0.15) is 16.9 Å². The van der Waals surface area contributed by atoms with E-state index in [0.29, 0.717) is 22.7 Å². The van der Waals surface area contributed by atoms with Crippen molar-refractivity contribution in [2.24, 2.45) is 16.5 Å². The lowest BCUT2D eigenvalue weighted by atomic mass is 10.2. The van der Waals surface area contributed by atoms with Crippen LogP contribution in [0.5, 0.6) is 11.5 Å². The number of benzene rings is 4. The average molecular weight is 645 g/mol. The molecule has 0 saturated heterocycles. The first-order chi connectivity index (χ1) is 21.4. The lowest BCUT2D eigenvalue weighted by molar-refractivity contribution is -0.192. The first-order valence-corrected chi connectivity index (χ1v) is 14.5. The van der Waals surface area contributed by atoms with Gasteiger partial charge in [0.05, 0.1) is 5.69 Å². The highest BCUT2D eigenvalue weighted by Crippen LogP contribution is 2.59. The number of guanidine groups is 1. The van der Waals surface area contributed by atoms with E-state index in [-0.39, 0.29) is 12.6 Å². The zero-order valence-corrected chi connectivity index (χ0v) is 24.2. The Kier molecular flexibility index (Phi) is 12.0. The predicted octanol–water partition coefficient (Wildman–Crippen LogP) is 6.50. The average Bonchev–Trinajstić information content (AvgIpc) is 3.00. The van der Waals surface area contributed by atoms with Gasteiger partial charge in [-0.15, -0.1) is 0 Å². The number of ether oxygens (including phenoxy) is 1. The molecule has 4 rings (SSSR count). The molecule has 0 saturated carbocycles. The summed E-state index contributed by atoms with van der Waals surface area (Å²) in [7, 11) is -4.18. The number of alkyl carbamates (subject to hydrolysis) is 1. The highest BCUT2D eigenvalue weighted by Gasteiger charge is 2.42. The third-order valence-electron chi connectivity index (χ3n) is 5.44. The largest absolute Gasteiger partial charge is 0.490 e. The van der Waals surface area contributed by atoms with Crippen molar-refractivity contribution in [2.45, 2.75) is 18.6 Å². The van der Waals surface area contributed by atoms with Gasteiger partial charge in [0.1, 0.15) is 18.1 Å². The Balaban J connectivity index is 0.000000707. The smallest absolute Gasteiger partial charge is 0.475 e. The van der Waals surface area contributed by atoms with Gasteiger partial charge in [0.25, 0.3) is 0 Å². The SMILES string of the molecule is NC(N)=Nc1ccc(C(NC(=O)OCc2ccccc2)P(=O)(Oc2ccccc2)Oc2ccccc2)cc1.O=C(O)C(F)(F)F. The second-order valence-corrected chi connectivity index (χ2v) is 10.8. The Bertz CT molecular complexity index is 1560. The lowest BCUT2D eigenvalue weighted by Gasteiger charge is -2.28. The van der Waals surface area contributed by atoms with Crippen molar-refractivity contribution in [1.29, 1.82) is 0 Å². The molecule has 0 aliphatic heterocycles. The molecule has 4 aromatic carbocycles. The molecule has 0 heterocycles. The normalized spacial score (nSPS) is 11.5. The van der Waals surface area contributed by atoms with Gasteiger partial charge in [0.2, 0.25) is 0 Å². The fourth-order valence-electron chi connectivity index (χ4n) is 3.48. The molecule has 0 aliphatic carbocycles. The summed E-state index contributed by atoms with van der Waals surface area (Å²) in [6.07, 6.45) is -5.89. The van der Waals surface area contributed by atoms with E-state index in [1.54, 1.807) is 84.9 Å². The van der Waals surface area contributed by atoms with E-state index in [1.807, 2.05) is 30.3 Å². The molecule has 15 heteroatoms. The van der Waals surface area contributed by atoms with E-state index in [9.17, 15) is 22.5 Å². The Hall–Kier alpha value is -5.49. The van der Waals surface area contributed by atoms with Gasteiger partial charge in [-0.05, 0) is 47.5 Å². The van der Waals surface area contributed by atoms with Crippen molar-refractivity contribution >= 4 is 31.3 Å². The minimum Gasteiger partial charge on any atom is -0.475 e. The van der Waals surface area contributed by atoms with Crippen LogP contribution in [0.15, 0.2) is 120 Å². The molecular formula is C30H28F3N4O7P. The van der Waals surface area contributed by atoms with Crippen LogP contribution in [-0.2, 0) is 20.7 Å². The van der Waals surface area contributed by atoms with E-state index in [0.717, 1.165) is 5.56 Å². The quantitative estimate of drug-likeness (QED) is 0.0853. The zero-order valence-electron chi connectivity index (χ0n) is 23.3. The Morgan fingerprint density at radius 3 is 1.67 bits per heavy atom. The van der Waals surface area contributed by atoms with Crippen molar-refractivity contribution in [2.75, 3.05) is 0 Å². The number of aliphatic carboxylic acids is 1. The molecular weight excluding hydrogens is 616 g/mol. The number of nitrogens with two attached hydrogens (primary N) is 2. The van der Waals surface area contributed by atoms with Gasteiger partial charge >= 0.3 is 25.8 Å². The highest BCUT2D eigenvalue weighted by molar-refractivity contribution is 7.55. The fraction of sp³-hybridized carbons (Fsp3) is 0.100. The van der Waals surface area contributed by atoms with Crippen molar-refractivity contribution in [3.05, 3.63) is 126 Å². The number of para-hydroxylation sites is 2. The molecule has 0 aromatic heterocycles. The molecule has 1 atom stereocenters. The monoisotopic (exact) mass is 644 g/mol. The van der Waals surface area contributed by atoms with Gasteiger partial charge in [-0.1, -0.05) is 78.9 Å². The molecule has 4 aromatic rings. The molecule has 0 bridgehead atoms. The molecule has 236 valence electrons. The molecule has 0 spiro atoms. The summed E-state index contributed by atoms with van der Waals surface area (Å²) in [6.45, 7) is 0.0200. The maximum atomic E-state index is 14.5. The van der Waals surface area contributed by atoms with E-state index in [1.165, 1.54) is 0 Å². The molecule has 0 aliphatic rings. The third kappa shape index (κ3) is 11.3. The Morgan fingerprint density at radius 1 is 0.800 bits per heavy atom. The van der Waals surface area contributed by atoms with Gasteiger partial charge in [-0.3, -0.25) is 0 Å². The van der Waals surface area contributed by atoms with Gasteiger partial charge in [-0.25, -0.2) is 19.1 Å². The maximum absolute atomic E-state index is 14.5. The minimum absolute atomic E-state index is 0.0200. The van der Waals surface area contributed by atoms with Crippen LogP contribution in [0.2, 0.25) is 0 Å². The standard InChI is InChI=1S/C28H27N4O5P.C2HF3O2/c29-27(30)31-23-18-16-22(17-19-23)26(32-28(33)35-20-21-10-4-1-5-11-21)38(34,36-24-12-6-2-7-13-24)37-25-14-8-3-9-15-25;3-2(4,5)1(6)7/h1-19,26H,20H2,(H,32,33)(H4,29,30,31);(H,6,7). The molecule has 0 radical (unpaired) electrons. The number of rotatable bonds is 10. The number of carboxylic acid groups (broad SMARTS) is 1. The number of nitrogens with one attached hydrogen (secondary N) is 1. The summed E-state index contributed by atoms with van der Waals surface area (Å²) in [5, 5.41) is 9.81. The number of carboxylic acids is 1. The number of hydrogen-bond donors (Lipinski definition) is 4. The highest BCUT2D eigenvalue weighted by atomic mass is 31.2. The van der Waals surface area contributed by atoms with Crippen LogP contribution >= 0.6 is 7.60 Å². The molecule has 45 heavy (non-hydrogen) atoms. The van der Waals surface area contributed by atoms with E-state index >= 15 is 0 Å². The molecule has 0 fully saturated rings. The Morgan fingerprint density at radius 2 is 1.24 bits per heavy atom. The number of carbonyl (C=O) groups is 2. The third-order valence-corrected chi connectivity index (χ3v) is 7.44. The van der Waals surface area contributed by atoms with Crippen molar-refractivity contribution in [3.8, 4) is 11.5 Å². The van der Waals surface area contributed by atoms with Crippen LogP contribution in [0.25, 0.3) is 0 Å². The molecule has 1 amide bonds. The van der Waals surface area contributed by atoms with E-state index in [2.05, 4.69) is 10.3 Å². The lowest BCUT2D eigenvalue weighted by Crippen LogP contribution is -2.31. The van der Waals surface area contributed by atoms with Gasteiger partial charge in [0, 0.05) is 0 Å². The van der Waals surface area contributed by atoms with Crippen molar-refractivity contribution in [3.63, 3.8) is 0 Å². The number of nitrogens with zero attached hydrogens (tertiary/aromatic N) is 1. The summed E-state index contributed by atoms with van der Waals surface area (Å²) in [5.41, 5.74) is 12.7. The van der Waals surface area contributed by atoms with Crippen LogP contribution in [0, 0.1) is 0 Å². The molecule has 6 N–H and O–H groups in total. The first-order valence-electron chi connectivity index (χ1n) is 12.9. The van der Waals surface area contributed by atoms with Crippen molar-refractivity contribution in [1.82, 2.24) is 5.32 Å². The Labute approximate surface area is 255 Å². The molecule has 11 nitrogen and oxygen atoms in total. The second-order valence-electron chi connectivity index (χ2n) is 8.89. The zero-order chi connectivity index (χ0) is 32.9. The number of carbonyl (C=O) groups excluding carboxylic acids is 1. The van der Waals surface area contributed by atoms with Crippen LogP contribution in [-0.4, -0.2) is 29.3 Å². The topological polar surface area (TPSA) is 176 Å². The van der Waals surface area contributed by atoms with E-state index in [4.69, 9.17) is 35.2 Å². The minimum atomic E-state index is -5.08. The summed E-state index contributed by atoms with van der Waals surface area (Å²) >= 11 is 0. The number of alkyl halides is 3. The van der Waals surface area contributed by atoms with Gasteiger partial charge in [-0.2, -0.15) is 13.2 Å². The second kappa shape index (κ2) is 15.8. The fourth-order valence-corrected chi connectivity index (χ4v) is 5.36. The molecule has 1 unspecified atom stereocenters. The number of hydrogen-bond acceptors (Lipinski definition) is 7. The van der Waals surface area contributed by atoms with Crippen LogP contribution in [0.4, 0.5) is 23.7 Å². The summed E-state index contributed by atoms with van der Waals surface area (Å²) < 4.78 is 63.6. The predicted molar refractivity (Wildman–Crippen MR) is 160 cm³/mol. The number of halogens is 3. The summed E-state index contributed by atoms with van der Waals surface area (Å²) in [4.78, 5) is 25.8. The first kappa shape index (κ1) is 34.0. The maximum Gasteiger partial charge on any atom is 0.490 e. The summed E-state index contributed by atoms with van der Waals surface area (Å²) in [5.74, 6) is -3.52. The number of amides is 1. The summed E-state index contributed by atoms with van der Waals surface area (Å²) in [6, 6.07) is 32.8.